The molecule has 1 aromatic carbocycles. The third kappa shape index (κ3) is 1.44. The van der Waals surface area contributed by atoms with Crippen LogP contribution in [0.3, 0.4) is 0 Å². The van der Waals surface area contributed by atoms with Crippen molar-refractivity contribution in [3.8, 4) is 0 Å². The Balaban J connectivity index is 2.74. The summed E-state index contributed by atoms with van der Waals surface area (Å²) >= 11 is 0. The molecule has 16 heavy (non-hydrogen) atoms. The first-order chi connectivity index (χ1) is 7.57. The summed E-state index contributed by atoms with van der Waals surface area (Å²) < 4.78 is 0. The van der Waals surface area contributed by atoms with E-state index in [0.717, 1.165) is 25.8 Å². The number of hydrogen-bond donors (Lipinski definition) is 0. The minimum atomic E-state index is 0.860. The molecule has 2 rings (SSSR count). The summed E-state index contributed by atoms with van der Waals surface area (Å²) in [6.07, 6.45) is 3.15. The molecule has 0 N–H and O–H groups in total. The highest BCUT2D eigenvalue weighted by Gasteiger charge is 2.22. The van der Waals surface area contributed by atoms with Gasteiger partial charge >= 0.3 is 0 Å². The molecular formula is C14H19NO. The summed E-state index contributed by atoms with van der Waals surface area (Å²) in [5.41, 5.74) is 7.88. The van der Waals surface area contributed by atoms with Crippen LogP contribution in [-0.2, 0) is 11.2 Å². The Morgan fingerprint density at radius 2 is 1.62 bits per heavy atom. The highest BCUT2D eigenvalue weighted by molar-refractivity contribution is 5.82. The predicted molar refractivity (Wildman–Crippen MR) is 67.1 cm³/mol. The number of fused-ring (bicyclic) bond motifs is 1. The van der Waals surface area contributed by atoms with E-state index in [2.05, 4.69) is 27.7 Å². The van der Waals surface area contributed by atoms with Gasteiger partial charge in [-0.1, -0.05) is 0 Å². The SMILES string of the molecule is Cc1c(C)c(C)c2c(c1C)CCCN2C=O. The van der Waals surface area contributed by atoms with Gasteiger partial charge in [0.05, 0.1) is 0 Å². The molecule has 1 aliphatic rings. The van der Waals surface area contributed by atoms with E-state index < -0.39 is 0 Å². The topological polar surface area (TPSA) is 20.3 Å². The lowest BCUT2D eigenvalue weighted by Gasteiger charge is -2.31. The van der Waals surface area contributed by atoms with Gasteiger partial charge in [0.15, 0.2) is 0 Å². The Kier molecular flexibility index (Phi) is 2.75. The van der Waals surface area contributed by atoms with Crippen molar-refractivity contribution < 1.29 is 4.79 Å². The van der Waals surface area contributed by atoms with Gasteiger partial charge < -0.3 is 4.90 Å². The van der Waals surface area contributed by atoms with Gasteiger partial charge in [-0.25, -0.2) is 0 Å². The molecule has 2 heteroatoms. The summed E-state index contributed by atoms with van der Waals surface area (Å²) in [6, 6.07) is 0. The van der Waals surface area contributed by atoms with Gasteiger partial charge in [0.25, 0.3) is 0 Å². The van der Waals surface area contributed by atoms with Crippen molar-refractivity contribution in [1.29, 1.82) is 0 Å². The third-order valence-corrected chi connectivity index (χ3v) is 4.02. The molecule has 1 aromatic rings. The smallest absolute Gasteiger partial charge is 0.214 e. The minimum absolute atomic E-state index is 0.860. The summed E-state index contributed by atoms with van der Waals surface area (Å²) in [5.74, 6) is 0. The van der Waals surface area contributed by atoms with Crippen molar-refractivity contribution in [2.45, 2.75) is 40.5 Å². The quantitative estimate of drug-likeness (QED) is 0.662. The van der Waals surface area contributed by atoms with Gasteiger partial charge in [-0.15, -0.1) is 0 Å². The molecular weight excluding hydrogens is 198 g/mol. The van der Waals surface area contributed by atoms with Crippen LogP contribution in [0.15, 0.2) is 0 Å². The lowest BCUT2D eigenvalue weighted by molar-refractivity contribution is -0.107. The second kappa shape index (κ2) is 3.93. The fourth-order valence-corrected chi connectivity index (χ4v) is 2.71. The van der Waals surface area contributed by atoms with Crippen LogP contribution in [-0.4, -0.2) is 13.0 Å². The first-order valence-corrected chi connectivity index (χ1v) is 5.89. The zero-order chi connectivity index (χ0) is 11.9. The lowest BCUT2D eigenvalue weighted by Crippen LogP contribution is -2.29. The Labute approximate surface area is 97.3 Å². The maximum Gasteiger partial charge on any atom is 0.214 e. The van der Waals surface area contributed by atoms with E-state index in [9.17, 15) is 4.79 Å². The molecule has 0 fully saturated rings. The maximum atomic E-state index is 11.1. The standard InChI is InChI=1S/C14H19NO/c1-9-10(2)12(4)14-13(11(9)3)6-5-7-15(14)8-16/h8H,5-7H2,1-4H3. The lowest BCUT2D eigenvalue weighted by atomic mass is 9.87. The van der Waals surface area contributed by atoms with Gasteiger partial charge in [-0.05, 0) is 68.4 Å². The molecule has 0 unspecified atom stereocenters. The predicted octanol–water partition coefficient (Wildman–Crippen LogP) is 2.83. The monoisotopic (exact) mass is 217 g/mol. The highest BCUT2D eigenvalue weighted by atomic mass is 16.1. The van der Waals surface area contributed by atoms with Crippen molar-refractivity contribution in [1.82, 2.24) is 0 Å². The summed E-state index contributed by atoms with van der Waals surface area (Å²) in [7, 11) is 0. The fraction of sp³-hybridized carbons (Fsp3) is 0.500. The van der Waals surface area contributed by atoms with E-state index >= 15 is 0 Å². The second-order valence-corrected chi connectivity index (χ2v) is 4.73. The van der Waals surface area contributed by atoms with Gasteiger partial charge in [-0.3, -0.25) is 4.79 Å². The molecule has 86 valence electrons. The van der Waals surface area contributed by atoms with Crippen molar-refractivity contribution in [2.75, 3.05) is 11.4 Å². The largest absolute Gasteiger partial charge is 0.314 e. The first kappa shape index (κ1) is 11.2. The van der Waals surface area contributed by atoms with Crippen LogP contribution in [0.1, 0.15) is 34.2 Å². The summed E-state index contributed by atoms with van der Waals surface area (Å²) in [5, 5.41) is 0. The normalized spacial score (nSPS) is 14.9. The number of carbonyl (C=O) groups excluding carboxylic acids is 1. The molecule has 0 aromatic heterocycles. The minimum Gasteiger partial charge on any atom is -0.314 e. The Morgan fingerprint density at radius 3 is 2.25 bits per heavy atom. The molecule has 0 aliphatic carbocycles. The van der Waals surface area contributed by atoms with Gasteiger partial charge in [0.2, 0.25) is 6.41 Å². The van der Waals surface area contributed by atoms with E-state index in [1.165, 1.54) is 33.5 Å². The second-order valence-electron chi connectivity index (χ2n) is 4.73. The van der Waals surface area contributed by atoms with E-state index in [4.69, 9.17) is 0 Å². The van der Waals surface area contributed by atoms with Crippen molar-refractivity contribution >= 4 is 12.1 Å². The molecule has 2 nitrogen and oxygen atoms in total. The molecule has 0 radical (unpaired) electrons. The van der Waals surface area contributed by atoms with Crippen LogP contribution in [0, 0.1) is 27.7 Å². The maximum absolute atomic E-state index is 11.1. The fourth-order valence-electron chi connectivity index (χ4n) is 2.71. The molecule has 0 bridgehead atoms. The Hall–Kier alpha value is -1.31. The van der Waals surface area contributed by atoms with E-state index in [1.807, 2.05) is 4.90 Å². The number of hydrogen-bond acceptors (Lipinski definition) is 1. The average Bonchev–Trinajstić information content (AvgIpc) is 2.32. The molecule has 1 heterocycles. The Bertz CT molecular complexity index is 449. The number of rotatable bonds is 1. The zero-order valence-corrected chi connectivity index (χ0v) is 10.6. The third-order valence-electron chi connectivity index (χ3n) is 4.02. The van der Waals surface area contributed by atoms with Crippen LogP contribution in [0.25, 0.3) is 0 Å². The molecule has 1 aliphatic heterocycles. The van der Waals surface area contributed by atoms with Crippen LogP contribution >= 0.6 is 0 Å². The zero-order valence-electron chi connectivity index (χ0n) is 10.6. The van der Waals surface area contributed by atoms with E-state index in [0.29, 0.717) is 0 Å². The molecule has 0 spiro atoms. The highest BCUT2D eigenvalue weighted by Crippen LogP contribution is 2.36. The number of carbonyl (C=O) groups is 1. The van der Waals surface area contributed by atoms with Crippen LogP contribution in [0.4, 0.5) is 5.69 Å². The van der Waals surface area contributed by atoms with Crippen molar-refractivity contribution in [3.63, 3.8) is 0 Å². The van der Waals surface area contributed by atoms with Crippen molar-refractivity contribution in [3.05, 3.63) is 27.8 Å². The molecule has 0 atom stereocenters. The molecule has 0 saturated carbocycles. The number of amides is 1. The van der Waals surface area contributed by atoms with Gasteiger partial charge in [0.1, 0.15) is 0 Å². The summed E-state index contributed by atoms with van der Waals surface area (Å²) in [6.45, 7) is 9.49. The van der Waals surface area contributed by atoms with Gasteiger partial charge in [0, 0.05) is 12.2 Å². The van der Waals surface area contributed by atoms with Crippen LogP contribution in [0.5, 0.6) is 0 Å². The number of benzene rings is 1. The van der Waals surface area contributed by atoms with Gasteiger partial charge in [-0.2, -0.15) is 0 Å². The molecule has 0 saturated heterocycles. The van der Waals surface area contributed by atoms with Crippen LogP contribution < -0.4 is 4.90 Å². The molecule has 1 amide bonds. The Morgan fingerprint density at radius 1 is 1.00 bits per heavy atom. The van der Waals surface area contributed by atoms with E-state index in [-0.39, 0.29) is 0 Å². The number of anilines is 1. The van der Waals surface area contributed by atoms with E-state index in [1.54, 1.807) is 0 Å². The first-order valence-electron chi connectivity index (χ1n) is 5.89. The number of nitrogens with zero attached hydrogens (tertiary/aromatic N) is 1. The van der Waals surface area contributed by atoms with Crippen LogP contribution in [0.2, 0.25) is 0 Å². The average molecular weight is 217 g/mol. The van der Waals surface area contributed by atoms with Crippen molar-refractivity contribution in [2.24, 2.45) is 0 Å². The summed E-state index contributed by atoms with van der Waals surface area (Å²) in [4.78, 5) is 13.0.